The van der Waals surface area contributed by atoms with Gasteiger partial charge in [-0.1, -0.05) is 103 Å². The van der Waals surface area contributed by atoms with Gasteiger partial charge in [-0.2, -0.15) is 0 Å². The van der Waals surface area contributed by atoms with Gasteiger partial charge in [0.15, 0.2) is 0 Å². The number of para-hydroxylation sites is 1. The quantitative estimate of drug-likeness (QED) is 0.302. The van der Waals surface area contributed by atoms with E-state index >= 15 is 0 Å². The molecular weight excluding hydrogens is 386 g/mol. The molecule has 0 unspecified atom stereocenters. The predicted octanol–water partition coefficient (Wildman–Crippen LogP) is 7.68. The fourth-order valence-corrected chi connectivity index (χ4v) is 5.79. The van der Waals surface area contributed by atoms with E-state index < -0.39 is 0 Å². The lowest BCUT2D eigenvalue weighted by Crippen LogP contribution is -2.28. The van der Waals surface area contributed by atoms with Crippen molar-refractivity contribution in [3.63, 3.8) is 0 Å². The molecule has 1 heterocycles. The van der Waals surface area contributed by atoms with Gasteiger partial charge in [0, 0.05) is 21.8 Å². The molecule has 1 aliphatic carbocycles. The molecule has 1 N–H and O–H groups in total. The third-order valence-corrected chi connectivity index (χ3v) is 7.08. The zero-order chi connectivity index (χ0) is 21.1. The Morgan fingerprint density at radius 2 is 1.06 bits per heavy atom. The largest absolute Gasteiger partial charge is 0.355 e. The number of benzene rings is 5. The van der Waals surface area contributed by atoms with Crippen molar-refractivity contribution in [3.8, 4) is 11.1 Å². The van der Waals surface area contributed by atoms with Crippen molar-refractivity contribution in [2.75, 3.05) is 0 Å². The Morgan fingerprint density at radius 1 is 0.438 bits per heavy atom. The van der Waals surface area contributed by atoms with Gasteiger partial charge in [-0.3, -0.25) is 0 Å². The Kier molecular flexibility index (Phi) is 3.54. The minimum Gasteiger partial charge on any atom is -0.355 e. The standard InChI is InChI=1S/C31H21N/c1-3-11-21(12-4-1)31(22-13-5-2-6-14-22)27-17-9-7-15-23(27)25-19-26-24-16-8-10-18-29(24)32-30(26)20-28(25)31/h1-20,32H. The van der Waals surface area contributed by atoms with Crippen LogP contribution in [0.3, 0.4) is 0 Å². The minimum atomic E-state index is -0.347. The molecule has 0 fully saturated rings. The minimum absolute atomic E-state index is 0.347. The van der Waals surface area contributed by atoms with Crippen LogP contribution in [0.2, 0.25) is 0 Å². The molecule has 1 aromatic heterocycles. The van der Waals surface area contributed by atoms with Crippen molar-refractivity contribution >= 4 is 21.8 Å². The summed E-state index contributed by atoms with van der Waals surface area (Å²) in [6.07, 6.45) is 0. The smallest absolute Gasteiger partial charge is 0.0714 e. The van der Waals surface area contributed by atoms with E-state index in [0.29, 0.717) is 0 Å². The number of H-pyrrole nitrogens is 1. The molecule has 0 saturated carbocycles. The highest BCUT2D eigenvalue weighted by molar-refractivity contribution is 6.10. The third-order valence-electron chi connectivity index (χ3n) is 7.08. The van der Waals surface area contributed by atoms with Gasteiger partial charge in [0.1, 0.15) is 0 Å². The molecule has 7 rings (SSSR count). The van der Waals surface area contributed by atoms with Crippen LogP contribution in [-0.2, 0) is 5.41 Å². The maximum Gasteiger partial charge on any atom is 0.0714 e. The first kappa shape index (κ1) is 17.6. The molecule has 1 aliphatic rings. The van der Waals surface area contributed by atoms with Crippen molar-refractivity contribution in [1.82, 2.24) is 4.98 Å². The number of aromatic nitrogens is 1. The van der Waals surface area contributed by atoms with Crippen molar-refractivity contribution < 1.29 is 0 Å². The van der Waals surface area contributed by atoms with Gasteiger partial charge in [0.25, 0.3) is 0 Å². The number of fused-ring (bicyclic) bond motifs is 6. The van der Waals surface area contributed by atoms with Crippen LogP contribution < -0.4 is 0 Å². The molecule has 0 atom stereocenters. The number of nitrogens with one attached hydrogen (secondary N) is 1. The summed E-state index contributed by atoms with van der Waals surface area (Å²) < 4.78 is 0. The molecule has 0 saturated heterocycles. The van der Waals surface area contributed by atoms with Gasteiger partial charge in [0.2, 0.25) is 0 Å². The molecule has 0 aliphatic heterocycles. The van der Waals surface area contributed by atoms with E-state index in [4.69, 9.17) is 0 Å². The third kappa shape index (κ3) is 2.18. The van der Waals surface area contributed by atoms with Crippen LogP contribution in [0.25, 0.3) is 32.9 Å². The Balaban J connectivity index is 1.69. The molecule has 0 bridgehead atoms. The highest BCUT2D eigenvalue weighted by atomic mass is 14.7. The predicted molar refractivity (Wildman–Crippen MR) is 133 cm³/mol. The monoisotopic (exact) mass is 407 g/mol. The Labute approximate surface area is 187 Å². The summed E-state index contributed by atoms with van der Waals surface area (Å²) in [6.45, 7) is 0. The van der Waals surface area contributed by atoms with E-state index in [0.717, 1.165) is 0 Å². The molecule has 0 amide bonds. The SMILES string of the molecule is c1ccc(C2(c3ccccc3)c3ccccc3-c3cc4c(cc32)[nH]c2ccccc24)cc1. The fourth-order valence-electron chi connectivity index (χ4n) is 5.79. The van der Waals surface area contributed by atoms with Crippen molar-refractivity contribution in [2.24, 2.45) is 0 Å². The van der Waals surface area contributed by atoms with Crippen molar-refractivity contribution in [1.29, 1.82) is 0 Å². The maximum absolute atomic E-state index is 3.68. The van der Waals surface area contributed by atoms with E-state index in [1.54, 1.807) is 0 Å². The van der Waals surface area contributed by atoms with Crippen LogP contribution in [0.1, 0.15) is 22.3 Å². The fraction of sp³-hybridized carbons (Fsp3) is 0.0323. The van der Waals surface area contributed by atoms with Crippen LogP contribution in [-0.4, -0.2) is 4.98 Å². The van der Waals surface area contributed by atoms with E-state index in [2.05, 4.69) is 126 Å². The molecule has 5 aromatic carbocycles. The van der Waals surface area contributed by atoms with E-state index in [1.165, 1.54) is 55.2 Å². The maximum atomic E-state index is 3.68. The van der Waals surface area contributed by atoms with Crippen molar-refractivity contribution in [3.05, 3.63) is 144 Å². The number of aromatic amines is 1. The Hall–Kier alpha value is -4.10. The normalized spacial score (nSPS) is 13.9. The Morgan fingerprint density at radius 3 is 1.81 bits per heavy atom. The summed E-state index contributed by atoms with van der Waals surface area (Å²) in [6, 6.07) is 44.2. The first-order valence-corrected chi connectivity index (χ1v) is 11.1. The average molecular weight is 408 g/mol. The molecule has 150 valence electrons. The second kappa shape index (κ2) is 6.45. The molecule has 0 spiro atoms. The lowest BCUT2D eigenvalue weighted by Gasteiger charge is -2.33. The topological polar surface area (TPSA) is 15.8 Å². The lowest BCUT2D eigenvalue weighted by atomic mass is 9.67. The first-order valence-electron chi connectivity index (χ1n) is 11.1. The highest BCUT2D eigenvalue weighted by Gasteiger charge is 2.46. The summed E-state index contributed by atoms with van der Waals surface area (Å²) in [5, 5.41) is 2.56. The van der Waals surface area contributed by atoms with Crippen LogP contribution in [0.4, 0.5) is 0 Å². The molecule has 6 aromatic rings. The first-order chi connectivity index (χ1) is 15.9. The summed E-state index contributed by atoms with van der Waals surface area (Å²) >= 11 is 0. The van der Waals surface area contributed by atoms with E-state index in [9.17, 15) is 0 Å². The van der Waals surface area contributed by atoms with Gasteiger partial charge in [-0.05, 0) is 51.6 Å². The molecular formula is C31H21N. The van der Waals surface area contributed by atoms with Gasteiger partial charge in [-0.15, -0.1) is 0 Å². The van der Waals surface area contributed by atoms with Gasteiger partial charge in [-0.25, -0.2) is 0 Å². The van der Waals surface area contributed by atoms with Gasteiger partial charge in [0.05, 0.1) is 5.41 Å². The summed E-state index contributed by atoms with van der Waals surface area (Å²) in [5.74, 6) is 0. The van der Waals surface area contributed by atoms with Gasteiger partial charge >= 0.3 is 0 Å². The van der Waals surface area contributed by atoms with Crippen LogP contribution in [0, 0.1) is 0 Å². The summed E-state index contributed by atoms with van der Waals surface area (Å²) in [7, 11) is 0. The summed E-state index contributed by atoms with van der Waals surface area (Å²) in [5.41, 5.74) is 9.96. The van der Waals surface area contributed by atoms with E-state index in [1.807, 2.05) is 0 Å². The zero-order valence-electron chi connectivity index (χ0n) is 17.5. The van der Waals surface area contributed by atoms with E-state index in [-0.39, 0.29) is 5.41 Å². The van der Waals surface area contributed by atoms with Crippen LogP contribution >= 0.6 is 0 Å². The summed E-state index contributed by atoms with van der Waals surface area (Å²) in [4.78, 5) is 3.68. The lowest BCUT2D eigenvalue weighted by molar-refractivity contribution is 0.769. The second-order valence-electron chi connectivity index (χ2n) is 8.64. The molecule has 32 heavy (non-hydrogen) atoms. The van der Waals surface area contributed by atoms with Crippen molar-refractivity contribution in [2.45, 2.75) is 5.41 Å². The molecule has 0 radical (unpaired) electrons. The second-order valence-corrected chi connectivity index (χ2v) is 8.64. The molecule has 1 heteroatoms. The number of hydrogen-bond acceptors (Lipinski definition) is 0. The zero-order valence-corrected chi connectivity index (χ0v) is 17.5. The average Bonchev–Trinajstić information content (AvgIpc) is 3.37. The van der Waals surface area contributed by atoms with Gasteiger partial charge < -0.3 is 4.98 Å². The number of rotatable bonds is 2. The Bertz CT molecular complexity index is 1570. The highest BCUT2D eigenvalue weighted by Crippen LogP contribution is 2.56. The molecule has 1 nitrogen and oxygen atoms in total. The number of hydrogen-bond donors (Lipinski definition) is 1. The van der Waals surface area contributed by atoms with Crippen LogP contribution in [0.5, 0.6) is 0 Å². The van der Waals surface area contributed by atoms with Crippen LogP contribution in [0.15, 0.2) is 121 Å².